The lowest BCUT2D eigenvalue weighted by atomic mass is 9.65. The van der Waals surface area contributed by atoms with Gasteiger partial charge in [0, 0.05) is 6.54 Å². The topological polar surface area (TPSA) is 46.6 Å². The molecule has 132 valence electrons. The Morgan fingerprint density at radius 2 is 1.74 bits per heavy atom. The number of hydrogen-bond donors (Lipinski definition) is 0. The molecular formula is C19H33NO3. The summed E-state index contributed by atoms with van der Waals surface area (Å²) in [6, 6.07) is -0.412. The van der Waals surface area contributed by atoms with Crippen LogP contribution in [-0.2, 0) is 14.3 Å². The molecule has 23 heavy (non-hydrogen) atoms. The molecule has 0 spiro atoms. The predicted octanol–water partition coefficient (Wildman–Crippen LogP) is 3.78. The third-order valence-corrected chi connectivity index (χ3v) is 6.40. The maximum Gasteiger partial charge on any atom is 0.329 e. The molecule has 2 rings (SSSR count). The van der Waals surface area contributed by atoms with Crippen molar-refractivity contribution >= 4 is 11.9 Å². The highest BCUT2D eigenvalue weighted by atomic mass is 16.6. The van der Waals surface area contributed by atoms with Gasteiger partial charge in [-0.05, 0) is 57.8 Å². The first-order chi connectivity index (χ1) is 10.4. The van der Waals surface area contributed by atoms with Crippen molar-refractivity contribution in [1.82, 2.24) is 4.90 Å². The Hall–Kier alpha value is -1.06. The molecule has 0 N–H and O–H groups in total. The smallest absolute Gasteiger partial charge is 0.329 e. The van der Waals surface area contributed by atoms with E-state index in [1.165, 1.54) is 0 Å². The standard InChI is InChI=1S/C19H33NO3/c1-13-10-11-19(7,18(13,5)6)16(22)20-12-8-9-14(20)15(21)23-17(2,3)4/h13-14H,8-12H2,1-7H3/t13-,14-,19-/m0/s1. The van der Waals surface area contributed by atoms with E-state index in [4.69, 9.17) is 4.74 Å². The number of carbonyl (C=O) groups is 2. The monoisotopic (exact) mass is 323 g/mol. The molecule has 0 unspecified atom stereocenters. The third kappa shape index (κ3) is 3.14. The zero-order valence-electron chi connectivity index (χ0n) is 15.9. The van der Waals surface area contributed by atoms with Crippen LogP contribution in [0.2, 0.25) is 0 Å². The molecule has 2 fully saturated rings. The van der Waals surface area contributed by atoms with E-state index in [0.29, 0.717) is 18.9 Å². The minimum absolute atomic E-state index is 0.0504. The minimum Gasteiger partial charge on any atom is -0.458 e. The van der Waals surface area contributed by atoms with Crippen LogP contribution in [0.4, 0.5) is 0 Å². The lowest BCUT2D eigenvalue weighted by molar-refractivity contribution is -0.167. The van der Waals surface area contributed by atoms with Crippen LogP contribution in [0.3, 0.4) is 0 Å². The van der Waals surface area contributed by atoms with E-state index < -0.39 is 17.1 Å². The van der Waals surface area contributed by atoms with E-state index in [2.05, 4.69) is 27.7 Å². The van der Waals surface area contributed by atoms with Crippen LogP contribution in [0.5, 0.6) is 0 Å². The van der Waals surface area contributed by atoms with Gasteiger partial charge in [-0.1, -0.05) is 27.7 Å². The first-order valence-corrected chi connectivity index (χ1v) is 8.94. The van der Waals surface area contributed by atoms with Gasteiger partial charge in [-0.15, -0.1) is 0 Å². The van der Waals surface area contributed by atoms with Crippen LogP contribution in [-0.4, -0.2) is 35.0 Å². The first-order valence-electron chi connectivity index (χ1n) is 8.94. The second kappa shape index (κ2) is 5.78. The fourth-order valence-corrected chi connectivity index (χ4v) is 4.06. The molecule has 1 saturated heterocycles. The summed E-state index contributed by atoms with van der Waals surface area (Å²) in [5.74, 6) is 0.398. The molecular weight excluding hydrogens is 290 g/mol. The second-order valence-electron chi connectivity index (χ2n) is 9.18. The summed E-state index contributed by atoms with van der Waals surface area (Å²) >= 11 is 0. The zero-order valence-corrected chi connectivity index (χ0v) is 15.9. The summed E-state index contributed by atoms with van der Waals surface area (Å²) in [5.41, 5.74) is -0.957. The molecule has 1 aliphatic carbocycles. The predicted molar refractivity (Wildman–Crippen MR) is 90.9 cm³/mol. The molecule has 1 amide bonds. The van der Waals surface area contributed by atoms with Crippen molar-refractivity contribution in [2.75, 3.05) is 6.54 Å². The first kappa shape index (κ1) is 18.3. The Morgan fingerprint density at radius 1 is 1.13 bits per heavy atom. The van der Waals surface area contributed by atoms with Gasteiger partial charge in [0.2, 0.25) is 5.91 Å². The van der Waals surface area contributed by atoms with Crippen molar-refractivity contribution in [2.24, 2.45) is 16.7 Å². The highest BCUT2D eigenvalue weighted by Crippen LogP contribution is 2.56. The Bertz CT molecular complexity index is 491. The lowest BCUT2D eigenvalue weighted by Gasteiger charge is -2.43. The summed E-state index contributed by atoms with van der Waals surface area (Å²) < 4.78 is 5.54. The number of rotatable bonds is 2. The molecule has 0 aromatic heterocycles. The molecule has 0 aromatic carbocycles. The van der Waals surface area contributed by atoms with Crippen molar-refractivity contribution in [3.63, 3.8) is 0 Å². The molecule has 0 aromatic rings. The number of hydrogen-bond acceptors (Lipinski definition) is 3. The number of esters is 1. The quantitative estimate of drug-likeness (QED) is 0.727. The van der Waals surface area contributed by atoms with Crippen molar-refractivity contribution in [3.05, 3.63) is 0 Å². The zero-order chi connectivity index (χ0) is 17.6. The second-order valence-corrected chi connectivity index (χ2v) is 9.18. The number of amides is 1. The van der Waals surface area contributed by atoms with Gasteiger partial charge < -0.3 is 9.64 Å². The van der Waals surface area contributed by atoms with Gasteiger partial charge in [0.1, 0.15) is 11.6 Å². The van der Waals surface area contributed by atoms with Gasteiger partial charge in [-0.2, -0.15) is 0 Å². The average molecular weight is 323 g/mol. The number of ether oxygens (including phenoxy) is 1. The van der Waals surface area contributed by atoms with Crippen LogP contribution in [0.15, 0.2) is 0 Å². The van der Waals surface area contributed by atoms with Gasteiger partial charge >= 0.3 is 5.97 Å². The number of carbonyl (C=O) groups excluding carboxylic acids is 2. The highest BCUT2D eigenvalue weighted by Gasteiger charge is 2.56. The van der Waals surface area contributed by atoms with Crippen molar-refractivity contribution in [3.8, 4) is 0 Å². The Balaban J connectivity index is 2.20. The van der Waals surface area contributed by atoms with Crippen LogP contribution < -0.4 is 0 Å². The van der Waals surface area contributed by atoms with E-state index in [9.17, 15) is 9.59 Å². The van der Waals surface area contributed by atoms with Gasteiger partial charge in [0.25, 0.3) is 0 Å². The Kier molecular flexibility index (Phi) is 4.60. The molecule has 4 nitrogen and oxygen atoms in total. The molecule has 1 heterocycles. The van der Waals surface area contributed by atoms with Crippen molar-refractivity contribution in [1.29, 1.82) is 0 Å². The Morgan fingerprint density at radius 3 is 2.22 bits per heavy atom. The fraction of sp³-hybridized carbons (Fsp3) is 0.895. The van der Waals surface area contributed by atoms with E-state index in [1.807, 2.05) is 20.8 Å². The molecule has 2 aliphatic rings. The largest absolute Gasteiger partial charge is 0.458 e. The van der Waals surface area contributed by atoms with E-state index in [0.717, 1.165) is 19.3 Å². The van der Waals surface area contributed by atoms with Gasteiger partial charge in [-0.25, -0.2) is 4.79 Å². The number of likely N-dealkylation sites (tertiary alicyclic amines) is 1. The lowest BCUT2D eigenvalue weighted by Crippen LogP contribution is -2.52. The van der Waals surface area contributed by atoms with Gasteiger partial charge in [0.05, 0.1) is 5.41 Å². The van der Waals surface area contributed by atoms with Crippen molar-refractivity contribution < 1.29 is 14.3 Å². The SMILES string of the molecule is C[C@H]1CC[C@@](C)(C(=O)N2CCC[C@H]2C(=O)OC(C)(C)C)C1(C)C. The van der Waals surface area contributed by atoms with Crippen molar-refractivity contribution in [2.45, 2.75) is 85.8 Å². The molecule has 1 saturated carbocycles. The summed E-state index contributed by atoms with van der Waals surface area (Å²) in [7, 11) is 0. The minimum atomic E-state index is -0.514. The van der Waals surface area contributed by atoms with Crippen LogP contribution >= 0.6 is 0 Å². The maximum absolute atomic E-state index is 13.3. The van der Waals surface area contributed by atoms with Crippen LogP contribution in [0.1, 0.15) is 74.1 Å². The van der Waals surface area contributed by atoms with Gasteiger partial charge in [0.15, 0.2) is 0 Å². The van der Waals surface area contributed by atoms with Crippen LogP contribution in [0.25, 0.3) is 0 Å². The summed E-state index contributed by atoms with van der Waals surface area (Å²) in [6.07, 6.45) is 3.56. The molecule has 3 atom stereocenters. The maximum atomic E-state index is 13.3. The normalized spacial score (nSPS) is 33.8. The summed E-state index contributed by atoms with van der Waals surface area (Å²) in [6.45, 7) is 15.0. The fourth-order valence-electron chi connectivity index (χ4n) is 4.06. The summed E-state index contributed by atoms with van der Waals surface area (Å²) in [4.78, 5) is 27.6. The number of nitrogens with zero attached hydrogens (tertiary/aromatic N) is 1. The Labute approximate surface area is 140 Å². The summed E-state index contributed by atoms with van der Waals surface area (Å²) in [5, 5.41) is 0. The third-order valence-electron chi connectivity index (χ3n) is 6.40. The average Bonchev–Trinajstić information content (AvgIpc) is 2.96. The van der Waals surface area contributed by atoms with E-state index in [-0.39, 0.29) is 17.3 Å². The van der Waals surface area contributed by atoms with Gasteiger partial charge in [-0.3, -0.25) is 4.79 Å². The molecule has 0 radical (unpaired) electrons. The highest BCUT2D eigenvalue weighted by molar-refractivity contribution is 5.89. The van der Waals surface area contributed by atoms with E-state index >= 15 is 0 Å². The molecule has 1 aliphatic heterocycles. The van der Waals surface area contributed by atoms with E-state index in [1.54, 1.807) is 4.90 Å². The van der Waals surface area contributed by atoms with Crippen LogP contribution in [0, 0.1) is 16.7 Å². The molecule has 0 bridgehead atoms. The molecule has 4 heteroatoms.